The minimum Gasteiger partial charge on any atom is -0.355 e. The van der Waals surface area contributed by atoms with Crippen molar-refractivity contribution in [3.8, 4) is 0 Å². The van der Waals surface area contributed by atoms with Crippen molar-refractivity contribution in [2.24, 2.45) is 5.41 Å². The number of allylic oxidation sites excluding steroid dienone is 2. The number of carbonyl (C=O) groups excluding carboxylic acids is 1. The Kier molecular flexibility index (Phi) is 5.94. The zero-order chi connectivity index (χ0) is 18.6. The molecule has 0 bridgehead atoms. The molecule has 1 amide bonds. The number of rotatable bonds is 5. The summed E-state index contributed by atoms with van der Waals surface area (Å²) in [5, 5.41) is 0. The molecule has 5 heteroatoms. The quantitative estimate of drug-likeness (QED) is 0.753. The van der Waals surface area contributed by atoms with E-state index in [2.05, 4.69) is 46.6 Å². The Labute approximate surface area is 157 Å². The van der Waals surface area contributed by atoms with Gasteiger partial charge in [0.1, 0.15) is 5.82 Å². The fourth-order valence-corrected chi connectivity index (χ4v) is 4.24. The summed E-state index contributed by atoms with van der Waals surface area (Å²) in [6.45, 7) is 9.48. The summed E-state index contributed by atoms with van der Waals surface area (Å²) >= 11 is 0. The van der Waals surface area contributed by atoms with E-state index < -0.39 is 0 Å². The monoisotopic (exact) mass is 356 g/mol. The van der Waals surface area contributed by atoms with Crippen LogP contribution in [0.15, 0.2) is 30.2 Å². The first-order valence-corrected chi connectivity index (χ1v) is 9.91. The first-order valence-electron chi connectivity index (χ1n) is 9.91. The van der Waals surface area contributed by atoms with Crippen molar-refractivity contribution in [1.29, 1.82) is 0 Å². The van der Waals surface area contributed by atoms with Crippen LogP contribution >= 0.6 is 0 Å². The van der Waals surface area contributed by atoms with Crippen LogP contribution in [0.4, 0.5) is 5.82 Å². The lowest BCUT2D eigenvalue weighted by Crippen LogP contribution is -2.53. The molecule has 142 valence electrons. The summed E-state index contributed by atoms with van der Waals surface area (Å²) in [7, 11) is 0. The van der Waals surface area contributed by atoms with Gasteiger partial charge in [0.2, 0.25) is 5.91 Å². The van der Waals surface area contributed by atoms with Gasteiger partial charge in [-0.2, -0.15) is 0 Å². The topological polar surface area (TPSA) is 49.3 Å². The van der Waals surface area contributed by atoms with Gasteiger partial charge in [-0.25, -0.2) is 4.98 Å². The van der Waals surface area contributed by atoms with Gasteiger partial charge in [-0.05, 0) is 51.4 Å². The molecular formula is C21H32N4O. The molecule has 3 heterocycles. The minimum atomic E-state index is 0.252. The molecule has 3 rings (SSSR count). The average molecular weight is 357 g/mol. The van der Waals surface area contributed by atoms with Crippen LogP contribution in [-0.4, -0.2) is 46.5 Å². The third-order valence-corrected chi connectivity index (χ3v) is 5.89. The van der Waals surface area contributed by atoms with Crippen LogP contribution in [0.1, 0.15) is 59.3 Å². The molecule has 2 aliphatic rings. The molecule has 0 spiro atoms. The third kappa shape index (κ3) is 4.63. The lowest BCUT2D eigenvalue weighted by Gasteiger charge is -2.46. The van der Waals surface area contributed by atoms with Crippen LogP contribution in [0.3, 0.4) is 0 Å². The van der Waals surface area contributed by atoms with Crippen molar-refractivity contribution < 1.29 is 4.79 Å². The van der Waals surface area contributed by atoms with E-state index in [1.54, 1.807) is 12.4 Å². The van der Waals surface area contributed by atoms with Crippen LogP contribution < -0.4 is 4.90 Å². The molecular weight excluding hydrogens is 324 g/mol. The third-order valence-electron chi connectivity index (χ3n) is 5.89. The number of aromatic nitrogens is 2. The predicted molar refractivity (Wildman–Crippen MR) is 105 cm³/mol. The lowest BCUT2D eigenvalue weighted by atomic mass is 9.77. The molecule has 0 N–H and O–H groups in total. The van der Waals surface area contributed by atoms with Gasteiger partial charge in [-0.3, -0.25) is 9.78 Å². The van der Waals surface area contributed by atoms with Crippen molar-refractivity contribution in [3.63, 3.8) is 0 Å². The van der Waals surface area contributed by atoms with Crippen LogP contribution in [0, 0.1) is 5.41 Å². The minimum absolute atomic E-state index is 0.252. The Bertz CT molecular complexity index is 633. The zero-order valence-corrected chi connectivity index (χ0v) is 16.4. The molecule has 26 heavy (non-hydrogen) atoms. The Morgan fingerprint density at radius 2 is 2.08 bits per heavy atom. The molecule has 1 aromatic rings. The van der Waals surface area contributed by atoms with E-state index in [0.717, 1.165) is 51.1 Å². The average Bonchev–Trinajstić information content (AvgIpc) is 2.65. The molecule has 0 aromatic carbocycles. The van der Waals surface area contributed by atoms with Crippen LogP contribution in [0.25, 0.3) is 0 Å². The number of piperidine rings is 2. The van der Waals surface area contributed by atoms with Crippen molar-refractivity contribution in [1.82, 2.24) is 14.9 Å². The predicted octanol–water partition coefficient (Wildman–Crippen LogP) is 3.82. The van der Waals surface area contributed by atoms with Gasteiger partial charge in [0.15, 0.2) is 0 Å². The zero-order valence-electron chi connectivity index (χ0n) is 16.4. The van der Waals surface area contributed by atoms with Gasteiger partial charge in [0, 0.05) is 44.5 Å². The highest BCUT2D eigenvalue weighted by Crippen LogP contribution is 2.37. The summed E-state index contributed by atoms with van der Waals surface area (Å²) in [6.07, 6.45) is 13.7. The lowest BCUT2D eigenvalue weighted by molar-refractivity contribution is -0.140. The normalized spacial score (nSPS) is 24.7. The summed E-state index contributed by atoms with van der Waals surface area (Å²) in [5.74, 6) is 1.30. The summed E-state index contributed by atoms with van der Waals surface area (Å²) < 4.78 is 0. The molecule has 2 fully saturated rings. The molecule has 5 nitrogen and oxygen atoms in total. The first-order chi connectivity index (χ1) is 12.5. The Morgan fingerprint density at radius 3 is 2.73 bits per heavy atom. The highest BCUT2D eigenvalue weighted by molar-refractivity contribution is 5.77. The molecule has 0 saturated carbocycles. The Balaban J connectivity index is 1.58. The fourth-order valence-electron chi connectivity index (χ4n) is 4.24. The van der Waals surface area contributed by atoms with Gasteiger partial charge in [-0.1, -0.05) is 18.6 Å². The smallest absolute Gasteiger partial charge is 0.222 e. The number of carbonyl (C=O) groups is 1. The van der Waals surface area contributed by atoms with Gasteiger partial charge in [0.25, 0.3) is 0 Å². The first kappa shape index (κ1) is 18.9. The molecule has 0 aliphatic carbocycles. The standard InChI is InChI=1S/C21H32N4O/c1-17(2)5-4-9-21(3)10-6-20(26)25(16-21)18-7-13-24(14-8-18)19-15-22-11-12-23-19/h5,11-12,15,18H,4,6-10,13-14,16H2,1-3H3. The van der Waals surface area contributed by atoms with Gasteiger partial charge in [-0.15, -0.1) is 0 Å². The molecule has 1 unspecified atom stereocenters. The molecule has 1 atom stereocenters. The second kappa shape index (κ2) is 8.19. The highest BCUT2D eigenvalue weighted by Gasteiger charge is 2.38. The van der Waals surface area contributed by atoms with Crippen molar-refractivity contribution in [2.45, 2.75) is 65.3 Å². The van der Waals surface area contributed by atoms with E-state index in [4.69, 9.17) is 0 Å². The van der Waals surface area contributed by atoms with Crippen molar-refractivity contribution in [3.05, 3.63) is 30.2 Å². The van der Waals surface area contributed by atoms with Crippen molar-refractivity contribution >= 4 is 11.7 Å². The largest absolute Gasteiger partial charge is 0.355 e. The maximum atomic E-state index is 12.6. The van der Waals surface area contributed by atoms with E-state index in [1.165, 1.54) is 12.0 Å². The van der Waals surface area contributed by atoms with Crippen LogP contribution in [-0.2, 0) is 4.79 Å². The fraction of sp³-hybridized carbons (Fsp3) is 0.667. The highest BCUT2D eigenvalue weighted by atomic mass is 16.2. The number of nitrogens with zero attached hydrogens (tertiary/aromatic N) is 4. The van der Waals surface area contributed by atoms with E-state index in [1.807, 2.05) is 6.20 Å². The molecule has 2 aliphatic heterocycles. The van der Waals surface area contributed by atoms with E-state index >= 15 is 0 Å². The van der Waals surface area contributed by atoms with Gasteiger partial charge in [0.05, 0.1) is 6.20 Å². The Morgan fingerprint density at radius 1 is 1.31 bits per heavy atom. The van der Waals surface area contributed by atoms with E-state index in [0.29, 0.717) is 18.4 Å². The number of hydrogen-bond acceptors (Lipinski definition) is 4. The maximum Gasteiger partial charge on any atom is 0.222 e. The number of likely N-dealkylation sites (tertiary alicyclic amines) is 1. The summed E-state index contributed by atoms with van der Waals surface area (Å²) in [6, 6.07) is 0.374. The van der Waals surface area contributed by atoms with Crippen LogP contribution in [0.5, 0.6) is 0 Å². The maximum absolute atomic E-state index is 12.6. The number of anilines is 1. The van der Waals surface area contributed by atoms with Gasteiger partial charge < -0.3 is 9.80 Å². The van der Waals surface area contributed by atoms with E-state index in [9.17, 15) is 4.79 Å². The van der Waals surface area contributed by atoms with E-state index in [-0.39, 0.29) is 5.41 Å². The number of hydrogen-bond donors (Lipinski definition) is 0. The SMILES string of the molecule is CC(C)=CCCC1(C)CCC(=O)N(C2CCN(c3cnccn3)CC2)C1. The van der Waals surface area contributed by atoms with Crippen molar-refractivity contribution in [2.75, 3.05) is 24.5 Å². The summed E-state index contributed by atoms with van der Waals surface area (Å²) in [4.78, 5) is 25.6. The second-order valence-electron chi connectivity index (χ2n) is 8.43. The number of amides is 1. The van der Waals surface area contributed by atoms with Gasteiger partial charge >= 0.3 is 0 Å². The molecule has 2 saturated heterocycles. The summed E-state index contributed by atoms with van der Waals surface area (Å²) in [5.41, 5.74) is 1.63. The molecule has 1 aromatic heterocycles. The second-order valence-corrected chi connectivity index (χ2v) is 8.43. The molecule has 0 radical (unpaired) electrons. The Hall–Kier alpha value is -1.91. The van der Waals surface area contributed by atoms with Crippen LogP contribution in [0.2, 0.25) is 0 Å².